The van der Waals surface area contributed by atoms with Crippen molar-refractivity contribution in [2.75, 3.05) is 13.1 Å². The molecule has 1 aliphatic heterocycles. The SMILES string of the molecule is Cc1onc(-c2ccccc2)c1C(=O)N1CCC(c2nc(C(=O)NNC(=O)c3ccsc3)cs2)CC1. The number of thiophene rings is 1. The van der Waals surface area contributed by atoms with E-state index in [0.717, 1.165) is 23.4 Å². The Morgan fingerprint density at radius 3 is 2.50 bits per heavy atom. The number of benzene rings is 1. The summed E-state index contributed by atoms with van der Waals surface area (Å²) in [4.78, 5) is 44.1. The van der Waals surface area contributed by atoms with E-state index in [4.69, 9.17) is 4.52 Å². The van der Waals surface area contributed by atoms with Gasteiger partial charge in [-0.05, 0) is 31.2 Å². The summed E-state index contributed by atoms with van der Waals surface area (Å²) in [6.45, 7) is 2.89. The summed E-state index contributed by atoms with van der Waals surface area (Å²) in [6, 6.07) is 11.2. The number of hydrogen-bond acceptors (Lipinski definition) is 8. The van der Waals surface area contributed by atoms with E-state index < -0.39 is 5.91 Å². The van der Waals surface area contributed by atoms with E-state index in [1.165, 1.54) is 22.7 Å². The van der Waals surface area contributed by atoms with E-state index in [2.05, 4.69) is 21.0 Å². The second-order valence-electron chi connectivity index (χ2n) is 8.39. The zero-order valence-corrected chi connectivity index (χ0v) is 21.0. The van der Waals surface area contributed by atoms with Crippen LogP contribution in [0.1, 0.15) is 60.7 Å². The van der Waals surface area contributed by atoms with Crippen LogP contribution in [-0.2, 0) is 0 Å². The van der Waals surface area contributed by atoms with Crippen LogP contribution < -0.4 is 10.9 Å². The van der Waals surface area contributed by atoms with Gasteiger partial charge in [0.2, 0.25) is 0 Å². The average Bonchev–Trinajstić information content (AvgIpc) is 3.69. The first kappa shape index (κ1) is 23.9. The smallest absolute Gasteiger partial charge is 0.289 e. The second kappa shape index (κ2) is 10.4. The molecule has 11 heteroatoms. The van der Waals surface area contributed by atoms with Crippen LogP contribution in [0.5, 0.6) is 0 Å². The van der Waals surface area contributed by atoms with Crippen LogP contribution in [0.15, 0.2) is 57.1 Å². The molecule has 4 aromatic rings. The Morgan fingerprint density at radius 2 is 1.78 bits per heavy atom. The number of piperidine rings is 1. The number of nitrogens with zero attached hydrogens (tertiary/aromatic N) is 3. The Balaban J connectivity index is 1.19. The molecule has 1 aromatic carbocycles. The first-order chi connectivity index (χ1) is 17.5. The Hall–Kier alpha value is -3.83. The zero-order chi connectivity index (χ0) is 25.1. The highest BCUT2D eigenvalue weighted by molar-refractivity contribution is 7.10. The maximum Gasteiger partial charge on any atom is 0.289 e. The predicted octanol–water partition coefficient (Wildman–Crippen LogP) is 4.26. The Kier molecular flexibility index (Phi) is 6.92. The Labute approximate surface area is 215 Å². The molecule has 184 valence electrons. The summed E-state index contributed by atoms with van der Waals surface area (Å²) in [5, 5.41) is 10.2. The molecule has 0 radical (unpaired) electrons. The average molecular weight is 522 g/mol. The first-order valence-corrected chi connectivity index (χ1v) is 13.2. The van der Waals surface area contributed by atoms with Gasteiger partial charge in [-0.2, -0.15) is 11.3 Å². The van der Waals surface area contributed by atoms with E-state index in [-0.39, 0.29) is 23.4 Å². The number of amides is 3. The molecular formula is C25H23N5O4S2. The topological polar surface area (TPSA) is 117 Å². The molecule has 0 unspecified atom stereocenters. The van der Waals surface area contributed by atoms with Crippen molar-refractivity contribution in [2.24, 2.45) is 0 Å². The van der Waals surface area contributed by atoms with E-state index in [1.807, 2.05) is 35.2 Å². The Bertz CT molecular complexity index is 1370. The van der Waals surface area contributed by atoms with Crippen LogP contribution in [0, 0.1) is 6.92 Å². The van der Waals surface area contributed by atoms with E-state index in [0.29, 0.717) is 35.7 Å². The van der Waals surface area contributed by atoms with Crippen molar-refractivity contribution in [1.82, 2.24) is 25.9 Å². The largest absolute Gasteiger partial charge is 0.360 e. The van der Waals surface area contributed by atoms with Crippen molar-refractivity contribution in [2.45, 2.75) is 25.7 Å². The summed E-state index contributed by atoms with van der Waals surface area (Å²) in [6.07, 6.45) is 1.47. The van der Waals surface area contributed by atoms with Gasteiger partial charge < -0.3 is 9.42 Å². The van der Waals surface area contributed by atoms with E-state index in [1.54, 1.807) is 29.1 Å². The maximum atomic E-state index is 13.4. The number of carbonyl (C=O) groups excluding carboxylic acids is 3. The fourth-order valence-electron chi connectivity index (χ4n) is 4.13. The quantitative estimate of drug-likeness (QED) is 0.379. The molecule has 0 spiro atoms. The molecule has 0 bridgehead atoms. The molecule has 1 fully saturated rings. The normalized spacial score (nSPS) is 14.0. The Morgan fingerprint density at radius 1 is 1.03 bits per heavy atom. The monoisotopic (exact) mass is 521 g/mol. The lowest BCUT2D eigenvalue weighted by Gasteiger charge is -2.31. The third-order valence-electron chi connectivity index (χ3n) is 6.08. The van der Waals surface area contributed by atoms with Crippen LogP contribution in [0.2, 0.25) is 0 Å². The number of nitrogens with one attached hydrogen (secondary N) is 2. The standard InChI is InChI=1S/C25H23N5O4S2/c1-15-20(21(29-34-15)16-5-3-2-4-6-16)25(33)30-10-7-17(8-11-30)24-26-19(14-36-24)23(32)28-27-22(31)18-9-12-35-13-18/h2-6,9,12-14,17H,7-8,10-11H2,1H3,(H,27,31)(H,28,32). The summed E-state index contributed by atoms with van der Waals surface area (Å²) < 4.78 is 5.36. The highest BCUT2D eigenvalue weighted by Crippen LogP contribution is 2.32. The van der Waals surface area contributed by atoms with Crippen LogP contribution in [-0.4, -0.2) is 45.9 Å². The minimum absolute atomic E-state index is 0.0911. The third kappa shape index (κ3) is 4.93. The molecule has 0 aliphatic carbocycles. The fourth-order valence-corrected chi connectivity index (χ4v) is 5.73. The summed E-state index contributed by atoms with van der Waals surface area (Å²) in [7, 11) is 0. The number of aromatic nitrogens is 2. The molecule has 1 saturated heterocycles. The van der Waals surface area contributed by atoms with Gasteiger partial charge in [0.1, 0.15) is 22.7 Å². The molecule has 1 aliphatic rings. The number of carbonyl (C=O) groups is 3. The van der Waals surface area contributed by atoms with E-state index >= 15 is 0 Å². The lowest BCUT2D eigenvalue weighted by Crippen LogP contribution is -2.41. The van der Waals surface area contributed by atoms with Crippen molar-refractivity contribution in [3.63, 3.8) is 0 Å². The van der Waals surface area contributed by atoms with Crippen LogP contribution in [0.4, 0.5) is 0 Å². The minimum Gasteiger partial charge on any atom is -0.360 e. The predicted molar refractivity (Wildman–Crippen MR) is 136 cm³/mol. The van der Waals surface area contributed by atoms with Gasteiger partial charge in [-0.25, -0.2) is 4.98 Å². The van der Waals surface area contributed by atoms with Crippen LogP contribution >= 0.6 is 22.7 Å². The number of rotatable bonds is 5. The molecular weight excluding hydrogens is 498 g/mol. The van der Waals surface area contributed by atoms with Crippen molar-refractivity contribution in [3.8, 4) is 11.3 Å². The van der Waals surface area contributed by atoms with Gasteiger partial charge >= 0.3 is 0 Å². The number of hydrogen-bond donors (Lipinski definition) is 2. The van der Waals surface area contributed by atoms with Crippen molar-refractivity contribution in [1.29, 1.82) is 0 Å². The second-order valence-corrected chi connectivity index (χ2v) is 10.1. The number of aryl methyl sites for hydroxylation is 1. The molecule has 3 amide bonds. The molecule has 3 aromatic heterocycles. The van der Waals surface area contributed by atoms with Crippen molar-refractivity contribution < 1.29 is 18.9 Å². The summed E-state index contributed by atoms with van der Waals surface area (Å²) in [5.41, 5.74) is 7.44. The highest BCUT2D eigenvalue weighted by atomic mass is 32.1. The van der Waals surface area contributed by atoms with Crippen LogP contribution in [0.3, 0.4) is 0 Å². The lowest BCUT2D eigenvalue weighted by molar-refractivity contribution is 0.0711. The van der Waals surface area contributed by atoms with Gasteiger partial charge in [0.25, 0.3) is 17.7 Å². The summed E-state index contributed by atoms with van der Waals surface area (Å²) >= 11 is 2.82. The van der Waals surface area contributed by atoms with Crippen molar-refractivity contribution in [3.05, 3.63) is 80.1 Å². The van der Waals surface area contributed by atoms with Gasteiger partial charge in [-0.1, -0.05) is 35.5 Å². The molecule has 2 N–H and O–H groups in total. The molecule has 36 heavy (non-hydrogen) atoms. The van der Waals surface area contributed by atoms with Gasteiger partial charge in [0, 0.05) is 35.3 Å². The lowest BCUT2D eigenvalue weighted by atomic mass is 9.96. The third-order valence-corrected chi connectivity index (χ3v) is 7.77. The van der Waals surface area contributed by atoms with Gasteiger partial charge in [0.05, 0.1) is 10.6 Å². The van der Waals surface area contributed by atoms with E-state index in [9.17, 15) is 14.4 Å². The number of likely N-dealkylation sites (tertiary alicyclic amines) is 1. The minimum atomic E-state index is -0.468. The van der Waals surface area contributed by atoms with Crippen molar-refractivity contribution >= 4 is 40.4 Å². The molecule has 4 heterocycles. The van der Waals surface area contributed by atoms with Gasteiger partial charge in [-0.3, -0.25) is 25.2 Å². The highest BCUT2D eigenvalue weighted by Gasteiger charge is 2.31. The van der Waals surface area contributed by atoms with Gasteiger partial charge in [-0.15, -0.1) is 11.3 Å². The maximum absolute atomic E-state index is 13.4. The zero-order valence-electron chi connectivity index (χ0n) is 19.4. The molecule has 0 saturated carbocycles. The van der Waals surface area contributed by atoms with Gasteiger partial charge in [0.15, 0.2) is 0 Å². The first-order valence-electron chi connectivity index (χ1n) is 11.4. The number of thiazole rings is 1. The fraction of sp³-hybridized carbons (Fsp3) is 0.240. The van der Waals surface area contributed by atoms with Crippen LogP contribution in [0.25, 0.3) is 11.3 Å². The molecule has 5 rings (SSSR count). The number of hydrazine groups is 1. The summed E-state index contributed by atoms with van der Waals surface area (Å²) in [5.74, 6) is -0.284. The molecule has 0 atom stereocenters. The molecule has 9 nitrogen and oxygen atoms in total.